The largest absolute Gasteiger partial charge is 0.497 e. The number of methoxy groups -OCH3 is 1. The molecule has 0 aliphatic rings. The van der Waals surface area contributed by atoms with E-state index in [1.807, 2.05) is 0 Å². The first-order valence-corrected chi connectivity index (χ1v) is 10.3. The highest BCUT2D eigenvalue weighted by atomic mass is 32.1. The van der Waals surface area contributed by atoms with Crippen molar-refractivity contribution in [1.82, 2.24) is 15.5 Å². The SMILES string of the molecule is COc1ccc(NC(=O)c2nnc(CNC(c3cccs3)C(C)C)s2)cc1. The summed E-state index contributed by atoms with van der Waals surface area (Å²) in [5.41, 5.74) is 0.688. The molecule has 0 saturated heterocycles. The highest BCUT2D eigenvalue weighted by Crippen LogP contribution is 2.26. The number of rotatable bonds is 8. The second kappa shape index (κ2) is 9.07. The van der Waals surface area contributed by atoms with Gasteiger partial charge >= 0.3 is 0 Å². The number of anilines is 1. The van der Waals surface area contributed by atoms with Gasteiger partial charge in [0.25, 0.3) is 5.91 Å². The predicted molar refractivity (Wildman–Crippen MR) is 110 cm³/mol. The van der Waals surface area contributed by atoms with Crippen molar-refractivity contribution in [3.8, 4) is 5.75 Å². The third kappa shape index (κ3) is 5.12. The van der Waals surface area contributed by atoms with E-state index < -0.39 is 0 Å². The molecule has 1 unspecified atom stereocenters. The summed E-state index contributed by atoms with van der Waals surface area (Å²) >= 11 is 3.04. The van der Waals surface area contributed by atoms with E-state index in [2.05, 4.69) is 52.2 Å². The Morgan fingerprint density at radius 2 is 1.96 bits per heavy atom. The molecule has 0 saturated carbocycles. The molecule has 142 valence electrons. The normalized spacial score (nSPS) is 12.1. The number of thiophene rings is 1. The van der Waals surface area contributed by atoms with Crippen LogP contribution in [0.25, 0.3) is 0 Å². The Hall–Kier alpha value is -2.29. The number of nitrogens with one attached hydrogen (secondary N) is 2. The Balaban J connectivity index is 1.59. The van der Waals surface area contributed by atoms with E-state index >= 15 is 0 Å². The lowest BCUT2D eigenvalue weighted by Crippen LogP contribution is -2.24. The van der Waals surface area contributed by atoms with E-state index in [1.54, 1.807) is 42.7 Å². The monoisotopic (exact) mass is 402 g/mol. The summed E-state index contributed by atoms with van der Waals surface area (Å²) in [7, 11) is 1.60. The first-order valence-electron chi connectivity index (χ1n) is 8.61. The van der Waals surface area contributed by atoms with Crippen molar-refractivity contribution in [1.29, 1.82) is 0 Å². The lowest BCUT2D eigenvalue weighted by atomic mass is 10.0. The van der Waals surface area contributed by atoms with Crippen LogP contribution in [0.2, 0.25) is 0 Å². The molecule has 0 radical (unpaired) electrons. The lowest BCUT2D eigenvalue weighted by Gasteiger charge is -2.20. The van der Waals surface area contributed by atoms with Gasteiger partial charge in [-0.15, -0.1) is 21.5 Å². The van der Waals surface area contributed by atoms with Gasteiger partial charge in [-0.1, -0.05) is 31.3 Å². The zero-order valence-electron chi connectivity index (χ0n) is 15.4. The molecule has 8 heteroatoms. The van der Waals surface area contributed by atoms with Gasteiger partial charge in [0.1, 0.15) is 10.8 Å². The first kappa shape index (κ1) is 19.5. The van der Waals surface area contributed by atoms with Crippen LogP contribution in [-0.2, 0) is 6.54 Å². The van der Waals surface area contributed by atoms with Crippen molar-refractivity contribution < 1.29 is 9.53 Å². The topological polar surface area (TPSA) is 76.1 Å². The summed E-state index contributed by atoms with van der Waals surface area (Å²) in [6.07, 6.45) is 0. The van der Waals surface area contributed by atoms with Gasteiger partial charge in [0.15, 0.2) is 0 Å². The van der Waals surface area contributed by atoms with Gasteiger partial charge in [-0.3, -0.25) is 4.79 Å². The van der Waals surface area contributed by atoms with E-state index in [4.69, 9.17) is 4.74 Å². The van der Waals surface area contributed by atoms with Gasteiger partial charge in [-0.2, -0.15) is 0 Å². The summed E-state index contributed by atoms with van der Waals surface area (Å²) in [5, 5.41) is 17.7. The lowest BCUT2D eigenvalue weighted by molar-refractivity contribution is 0.102. The van der Waals surface area contributed by atoms with Gasteiger partial charge in [0, 0.05) is 16.6 Å². The number of ether oxygens (including phenoxy) is 1. The standard InChI is InChI=1S/C19H22N4O2S2/c1-12(2)17(15-5-4-10-26-15)20-11-16-22-23-19(27-16)18(24)21-13-6-8-14(25-3)9-7-13/h4-10,12,17,20H,11H2,1-3H3,(H,21,24). The Morgan fingerprint density at radius 1 is 1.19 bits per heavy atom. The molecular formula is C19H22N4O2S2. The number of hydrogen-bond acceptors (Lipinski definition) is 7. The molecule has 27 heavy (non-hydrogen) atoms. The zero-order chi connectivity index (χ0) is 19.2. The summed E-state index contributed by atoms with van der Waals surface area (Å²) in [6.45, 7) is 4.95. The molecule has 0 bridgehead atoms. The van der Waals surface area contributed by atoms with E-state index in [1.165, 1.54) is 16.2 Å². The van der Waals surface area contributed by atoms with E-state index in [0.29, 0.717) is 23.2 Å². The Morgan fingerprint density at radius 3 is 2.59 bits per heavy atom. The number of hydrogen-bond donors (Lipinski definition) is 2. The first-order chi connectivity index (χ1) is 13.1. The molecular weight excluding hydrogens is 380 g/mol. The van der Waals surface area contributed by atoms with Crippen molar-refractivity contribution in [3.63, 3.8) is 0 Å². The van der Waals surface area contributed by atoms with Gasteiger partial charge in [-0.25, -0.2) is 0 Å². The summed E-state index contributed by atoms with van der Waals surface area (Å²) < 4.78 is 5.11. The van der Waals surface area contributed by atoms with Crippen LogP contribution in [0.5, 0.6) is 5.75 Å². The van der Waals surface area contributed by atoms with Crippen LogP contribution in [0, 0.1) is 5.92 Å². The predicted octanol–water partition coefficient (Wildman–Crippen LogP) is 4.35. The maximum atomic E-state index is 12.4. The summed E-state index contributed by atoms with van der Waals surface area (Å²) in [5.74, 6) is 0.930. The molecule has 3 rings (SSSR count). The summed E-state index contributed by atoms with van der Waals surface area (Å²) in [6, 6.07) is 11.6. The number of nitrogens with zero attached hydrogens (tertiary/aromatic N) is 2. The molecule has 2 aromatic heterocycles. The van der Waals surface area contributed by atoms with Crippen molar-refractivity contribution in [2.24, 2.45) is 5.92 Å². The average Bonchev–Trinajstić information content (AvgIpc) is 3.34. The molecule has 1 atom stereocenters. The second-order valence-electron chi connectivity index (χ2n) is 6.30. The fraction of sp³-hybridized carbons (Fsp3) is 0.316. The quantitative estimate of drug-likeness (QED) is 0.586. The van der Waals surface area contributed by atoms with E-state index in [9.17, 15) is 4.79 Å². The number of carbonyl (C=O) groups is 1. The van der Waals surface area contributed by atoms with Crippen molar-refractivity contribution >= 4 is 34.3 Å². The van der Waals surface area contributed by atoms with Crippen molar-refractivity contribution in [2.45, 2.75) is 26.4 Å². The zero-order valence-corrected chi connectivity index (χ0v) is 17.1. The number of amides is 1. The molecule has 2 heterocycles. The molecule has 2 N–H and O–H groups in total. The minimum atomic E-state index is -0.261. The summed E-state index contributed by atoms with van der Waals surface area (Å²) in [4.78, 5) is 13.7. The fourth-order valence-corrected chi connectivity index (χ4v) is 4.27. The molecule has 1 aromatic carbocycles. The highest BCUT2D eigenvalue weighted by molar-refractivity contribution is 7.13. The van der Waals surface area contributed by atoms with Gasteiger partial charge in [-0.05, 0) is 41.6 Å². The number of benzene rings is 1. The molecule has 0 aliphatic carbocycles. The Kier molecular flexibility index (Phi) is 6.54. The van der Waals surface area contributed by atoms with Crippen LogP contribution in [-0.4, -0.2) is 23.2 Å². The average molecular weight is 403 g/mol. The molecule has 1 amide bonds. The molecule has 0 spiro atoms. The van der Waals surface area contributed by atoms with Crippen LogP contribution >= 0.6 is 22.7 Å². The van der Waals surface area contributed by atoms with Gasteiger partial charge in [0.2, 0.25) is 5.01 Å². The molecule has 0 aliphatic heterocycles. The molecule has 3 aromatic rings. The Labute approximate surface area is 166 Å². The maximum absolute atomic E-state index is 12.4. The van der Waals surface area contributed by atoms with Crippen molar-refractivity contribution in [3.05, 3.63) is 56.7 Å². The minimum Gasteiger partial charge on any atom is -0.497 e. The Bertz CT molecular complexity index is 860. The van der Waals surface area contributed by atoms with Crippen LogP contribution in [0.4, 0.5) is 5.69 Å². The van der Waals surface area contributed by atoms with Gasteiger partial charge in [0.05, 0.1) is 13.7 Å². The van der Waals surface area contributed by atoms with Crippen LogP contribution in [0.1, 0.15) is 39.6 Å². The van der Waals surface area contributed by atoms with Crippen molar-refractivity contribution in [2.75, 3.05) is 12.4 Å². The minimum absolute atomic E-state index is 0.255. The maximum Gasteiger partial charge on any atom is 0.286 e. The molecule has 6 nitrogen and oxygen atoms in total. The highest BCUT2D eigenvalue weighted by Gasteiger charge is 2.18. The third-order valence-electron chi connectivity index (χ3n) is 4.00. The van der Waals surface area contributed by atoms with Crippen LogP contribution < -0.4 is 15.4 Å². The number of carbonyl (C=O) groups excluding carboxylic acids is 1. The smallest absolute Gasteiger partial charge is 0.286 e. The fourth-order valence-electron chi connectivity index (χ4n) is 2.61. The second-order valence-corrected chi connectivity index (χ2v) is 8.34. The third-order valence-corrected chi connectivity index (χ3v) is 5.88. The van der Waals surface area contributed by atoms with E-state index in [-0.39, 0.29) is 11.9 Å². The molecule has 0 fully saturated rings. The van der Waals surface area contributed by atoms with E-state index in [0.717, 1.165) is 10.8 Å². The van der Waals surface area contributed by atoms with Crippen LogP contribution in [0.15, 0.2) is 41.8 Å². The number of aromatic nitrogens is 2. The van der Waals surface area contributed by atoms with Gasteiger partial charge < -0.3 is 15.4 Å². The van der Waals surface area contributed by atoms with Crippen LogP contribution in [0.3, 0.4) is 0 Å².